The largest absolute Gasteiger partial charge is 0.481 e. The number of carbonyl (C=O) groups is 7. The van der Waals surface area contributed by atoms with Gasteiger partial charge in [0.25, 0.3) is 11.8 Å². The number of aliphatic carboxylic acids is 2. The van der Waals surface area contributed by atoms with Crippen molar-refractivity contribution in [3.8, 4) is 0 Å². The van der Waals surface area contributed by atoms with Gasteiger partial charge in [0.2, 0.25) is 0 Å². The van der Waals surface area contributed by atoms with E-state index in [9.17, 15) is 38.7 Å². The van der Waals surface area contributed by atoms with Crippen molar-refractivity contribution in [1.82, 2.24) is 10.6 Å². The van der Waals surface area contributed by atoms with Crippen molar-refractivity contribution in [3.63, 3.8) is 0 Å². The first-order valence-electron chi connectivity index (χ1n) is 26.1. The molecule has 1 aromatic rings. The SMILES string of the molecule is CCCCCCCCCCCCCCCC(=O)OC[C@H](CSCC(OC(C)=O)C(=O)NCc1ccc(C(=O)N[C@H](CCC(=O)O)C(=O)O)cc1)OC(=O)CCCCCCCCCCCCCCC. The topological polar surface area (TPSA) is 212 Å². The number of rotatable bonds is 45. The summed E-state index contributed by atoms with van der Waals surface area (Å²) in [5.74, 6) is -4.94. The summed E-state index contributed by atoms with van der Waals surface area (Å²) in [7, 11) is 0. The third-order valence-electron chi connectivity index (χ3n) is 11.8. The maximum Gasteiger partial charge on any atom is 0.326 e. The minimum atomic E-state index is -1.38. The number of esters is 3. The van der Waals surface area contributed by atoms with E-state index >= 15 is 0 Å². The van der Waals surface area contributed by atoms with Gasteiger partial charge in [-0.3, -0.25) is 28.8 Å². The van der Waals surface area contributed by atoms with Gasteiger partial charge in [0, 0.05) is 49.8 Å². The summed E-state index contributed by atoms with van der Waals surface area (Å²) in [6.07, 6.45) is 29.1. The van der Waals surface area contributed by atoms with Crippen LogP contribution in [0.5, 0.6) is 0 Å². The standard InChI is InChI=1S/C53H88N2O12S/c1-4-6-8-10-12-14-16-18-20-22-24-26-28-30-49(59)65-39-45(67-50(60)31-29-27-25-23-21-19-17-15-13-11-9-7-5-2)40-68-41-47(66-42(3)56)52(62)54-38-43-32-34-44(35-33-43)51(61)55-46(53(63)64)36-37-48(57)58/h32-35,45-47H,4-31,36-41H2,1-3H3,(H,54,62)(H,55,61)(H,57,58)(H,63,64)/t45-,46-,47?/m1/s1. The van der Waals surface area contributed by atoms with Crippen molar-refractivity contribution in [2.45, 2.75) is 238 Å². The van der Waals surface area contributed by atoms with Gasteiger partial charge >= 0.3 is 29.8 Å². The van der Waals surface area contributed by atoms with Crippen LogP contribution >= 0.6 is 11.8 Å². The van der Waals surface area contributed by atoms with Crippen LogP contribution in [0.2, 0.25) is 0 Å². The van der Waals surface area contributed by atoms with E-state index in [0.717, 1.165) is 44.9 Å². The zero-order valence-corrected chi connectivity index (χ0v) is 42.8. The van der Waals surface area contributed by atoms with E-state index in [0.29, 0.717) is 12.0 Å². The van der Waals surface area contributed by atoms with Gasteiger partial charge in [0.15, 0.2) is 6.10 Å². The Hall–Kier alpha value is -4.14. The Morgan fingerprint density at radius 3 is 1.47 bits per heavy atom. The molecule has 0 saturated heterocycles. The molecule has 0 heterocycles. The molecule has 0 bridgehead atoms. The highest BCUT2D eigenvalue weighted by Crippen LogP contribution is 2.17. The van der Waals surface area contributed by atoms with Gasteiger partial charge in [0.05, 0.1) is 0 Å². The summed E-state index contributed by atoms with van der Waals surface area (Å²) in [5, 5.41) is 23.3. The fourth-order valence-corrected chi connectivity index (χ4v) is 8.70. The molecule has 0 aromatic heterocycles. The second-order valence-corrected chi connectivity index (χ2v) is 19.2. The van der Waals surface area contributed by atoms with Crippen molar-refractivity contribution >= 4 is 53.4 Å². The molecule has 0 radical (unpaired) electrons. The van der Waals surface area contributed by atoms with Crippen LogP contribution in [0.25, 0.3) is 0 Å². The lowest BCUT2D eigenvalue weighted by molar-refractivity contribution is -0.157. The lowest BCUT2D eigenvalue weighted by Crippen LogP contribution is -2.41. The Morgan fingerprint density at radius 1 is 0.574 bits per heavy atom. The predicted octanol–water partition coefficient (Wildman–Crippen LogP) is 11.4. The van der Waals surface area contributed by atoms with E-state index in [1.165, 1.54) is 146 Å². The normalized spacial score (nSPS) is 12.4. The second kappa shape index (κ2) is 41.8. The minimum Gasteiger partial charge on any atom is -0.481 e. The molecule has 15 heteroatoms. The Bertz CT molecular complexity index is 1540. The van der Waals surface area contributed by atoms with Gasteiger partial charge in [-0.25, -0.2) is 4.79 Å². The summed E-state index contributed by atoms with van der Waals surface area (Å²) in [4.78, 5) is 86.0. The highest BCUT2D eigenvalue weighted by atomic mass is 32.2. The Balaban J connectivity index is 2.67. The molecule has 2 amide bonds. The van der Waals surface area contributed by atoms with Crippen molar-refractivity contribution in [2.75, 3.05) is 18.1 Å². The number of unbranched alkanes of at least 4 members (excludes halogenated alkanes) is 24. The number of hydrogen-bond donors (Lipinski definition) is 4. The second-order valence-electron chi connectivity index (χ2n) is 18.1. The average Bonchev–Trinajstić information content (AvgIpc) is 3.31. The highest BCUT2D eigenvalue weighted by Gasteiger charge is 2.25. The maximum atomic E-state index is 13.2. The molecule has 0 aliphatic heterocycles. The first-order chi connectivity index (χ1) is 32.9. The Morgan fingerprint density at radius 2 is 1.03 bits per heavy atom. The number of carboxylic acid groups (broad SMARTS) is 2. The van der Waals surface area contributed by atoms with Crippen molar-refractivity contribution in [1.29, 1.82) is 0 Å². The molecule has 0 fully saturated rings. The van der Waals surface area contributed by atoms with Gasteiger partial charge in [-0.05, 0) is 37.0 Å². The molecular weight excluding hydrogens is 889 g/mol. The molecule has 0 spiro atoms. The summed E-state index contributed by atoms with van der Waals surface area (Å²) >= 11 is 1.23. The number of carbonyl (C=O) groups excluding carboxylic acids is 5. The molecule has 1 unspecified atom stereocenters. The van der Waals surface area contributed by atoms with Crippen molar-refractivity contribution < 1.29 is 58.0 Å². The molecule has 1 aromatic carbocycles. The zero-order chi connectivity index (χ0) is 50.0. The molecule has 388 valence electrons. The van der Waals surface area contributed by atoms with Crippen LogP contribution < -0.4 is 10.6 Å². The molecule has 1 rings (SSSR count). The number of amides is 2. The molecular formula is C53H88N2O12S. The highest BCUT2D eigenvalue weighted by molar-refractivity contribution is 7.99. The van der Waals surface area contributed by atoms with Crippen LogP contribution in [0.3, 0.4) is 0 Å². The number of ether oxygens (including phenoxy) is 3. The third-order valence-corrected chi connectivity index (χ3v) is 12.9. The van der Waals surface area contributed by atoms with E-state index in [-0.39, 0.29) is 61.4 Å². The molecule has 0 aliphatic rings. The first kappa shape index (κ1) is 61.9. The van der Waals surface area contributed by atoms with E-state index in [4.69, 9.17) is 19.3 Å². The average molecular weight is 977 g/mol. The maximum absolute atomic E-state index is 13.2. The molecule has 4 N–H and O–H groups in total. The Kier molecular flexibility index (Phi) is 38.0. The monoisotopic (exact) mass is 977 g/mol. The lowest BCUT2D eigenvalue weighted by Gasteiger charge is -2.20. The molecule has 0 saturated carbocycles. The third kappa shape index (κ3) is 35.0. The number of benzene rings is 1. The van der Waals surface area contributed by atoms with Gasteiger partial charge in [-0.2, -0.15) is 11.8 Å². The molecule has 68 heavy (non-hydrogen) atoms. The number of carboxylic acids is 2. The van der Waals surface area contributed by atoms with Gasteiger partial charge in [-0.15, -0.1) is 0 Å². The van der Waals surface area contributed by atoms with E-state index in [1.807, 2.05) is 0 Å². The quantitative estimate of drug-likeness (QED) is 0.0272. The van der Waals surface area contributed by atoms with E-state index in [1.54, 1.807) is 12.1 Å². The van der Waals surface area contributed by atoms with E-state index < -0.39 is 54.4 Å². The number of hydrogen-bond acceptors (Lipinski definition) is 11. The van der Waals surface area contributed by atoms with Gasteiger partial charge < -0.3 is 35.1 Å². The molecule has 3 atom stereocenters. The predicted molar refractivity (Wildman–Crippen MR) is 268 cm³/mol. The smallest absolute Gasteiger partial charge is 0.326 e. The van der Waals surface area contributed by atoms with Crippen LogP contribution in [0.4, 0.5) is 0 Å². The number of thioether (sulfide) groups is 1. The summed E-state index contributed by atoms with van der Waals surface area (Å²) in [6, 6.07) is 4.64. The fraction of sp³-hybridized carbons (Fsp3) is 0.755. The first-order valence-corrected chi connectivity index (χ1v) is 27.2. The summed E-state index contributed by atoms with van der Waals surface area (Å²) in [5.41, 5.74) is 0.738. The lowest BCUT2D eigenvalue weighted by atomic mass is 10.0. The molecule has 14 nitrogen and oxygen atoms in total. The van der Waals surface area contributed by atoms with Crippen molar-refractivity contribution in [3.05, 3.63) is 35.4 Å². The van der Waals surface area contributed by atoms with Crippen LogP contribution in [0, 0.1) is 0 Å². The number of nitrogens with one attached hydrogen (secondary N) is 2. The van der Waals surface area contributed by atoms with Crippen molar-refractivity contribution in [2.24, 2.45) is 0 Å². The summed E-state index contributed by atoms with van der Waals surface area (Å²) < 4.78 is 16.8. The minimum absolute atomic E-state index is 0.0220. The zero-order valence-electron chi connectivity index (χ0n) is 42.0. The van der Waals surface area contributed by atoms with Crippen LogP contribution in [-0.2, 0) is 49.5 Å². The van der Waals surface area contributed by atoms with Crippen LogP contribution in [-0.4, -0.2) is 88.2 Å². The van der Waals surface area contributed by atoms with Gasteiger partial charge in [-0.1, -0.05) is 180 Å². The summed E-state index contributed by atoms with van der Waals surface area (Å²) in [6.45, 7) is 5.58. The van der Waals surface area contributed by atoms with Gasteiger partial charge in [0.1, 0.15) is 18.8 Å². The Labute approximate surface area is 412 Å². The van der Waals surface area contributed by atoms with E-state index in [2.05, 4.69) is 24.5 Å². The fourth-order valence-electron chi connectivity index (χ4n) is 7.71. The van der Waals surface area contributed by atoms with Crippen LogP contribution in [0.1, 0.15) is 229 Å². The molecule has 0 aliphatic carbocycles. The van der Waals surface area contributed by atoms with Crippen LogP contribution in [0.15, 0.2) is 24.3 Å².